The van der Waals surface area contributed by atoms with Crippen molar-refractivity contribution in [1.29, 1.82) is 0 Å². The molecule has 0 aromatic heterocycles. The average Bonchev–Trinajstić information content (AvgIpc) is 2.39. The van der Waals surface area contributed by atoms with Crippen molar-refractivity contribution in [2.45, 2.75) is 19.3 Å². The lowest BCUT2D eigenvalue weighted by atomic mass is 9.92. The molecule has 1 atom stereocenters. The van der Waals surface area contributed by atoms with Crippen molar-refractivity contribution in [1.82, 2.24) is 0 Å². The lowest BCUT2D eigenvalue weighted by Gasteiger charge is -2.15. The summed E-state index contributed by atoms with van der Waals surface area (Å²) >= 11 is 2.31. The third-order valence-electron chi connectivity index (χ3n) is 3.16. The van der Waals surface area contributed by atoms with Crippen molar-refractivity contribution in [3.63, 3.8) is 0 Å². The van der Waals surface area contributed by atoms with Crippen LogP contribution in [0.4, 0.5) is 0 Å². The van der Waals surface area contributed by atoms with E-state index >= 15 is 0 Å². The first-order valence-electron chi connectivity index (χ1n) is 6.11. The summed E-state index contributed by atoms with van der Waals surface area (Å²) in [5.74, 6) is 0.186. The number of benzene rings is 2. The number of hydrogen-bond acceptors (Lipinski definition) is 1. The van der Waals surface area contributed by atoms with Crippen molar-refractivity contribution in [3.8, 4) is 0 Å². The predicted octanol–water partition coefficient (Wildman–Crippen LogP) is 3.92. The third-order valence-corrected chi connectivity index (χ3v) is 3.88. The van der Waals surface area contributed by atoms with Gasteiger partial charge in [-0.25, -0.2) is 0 Å². The maximum Gasteiger partial charge on any atom is 0.0502 e. The van der Waals surface area contributed by atoms with Crippen LogP contribution in [0.1, 0.15) is 22.6 Å². The molecule has 0 bridgehead atoms. The Morgan fingerprint density at radius 3 is 2.17 bits per heavy atom. The lowest BCUT2D eigenvalue weighted by molar-refractivity contribution is 0.264. The molecule has 0 heterocycles. The maximum absolute atomic E-state index is 9.56. The Balaban J connectivity index is 2.14. The first kappa shape index (κ1) is 13.6. The SMILES string of the molecule is Cc1ccc(C(CO)Cc2ccc(I)cc2)cc1. The van der Waals surface area contributed by atoms with Crippen LogP contribution in [-0.4, -0.2) is 11.7 Å². The van der Waals surface area contributed by atoms with Gasteiger partial charge in [0.15, 0.2) is 0 Å². The van der Waals surface area contributed by atoms with Crippen molar-refractivity contribution < 1.29 is 5.11 Å². The molecule has 0 fully saturated rings. The Labute approximate surface area is 122 Å². The normalized spacial score (nSPS) is 12.4. The lowest BCUT2D eigenvalue weighted by Crippen LogP contribution is -2.07. The molecular weight excluding hydrogens is 335 g/mol. The van der Waals surface area contributed by atoms with E-state index in [-0.39, 0.29) is 12.5 Å². The fourth-order valence-electron chi connectivity index (χ4n) is 2.03. The molecule has 0 amide bonds. The van der Waals surface area contributed by atoms with Crippen LogP contribution in [0, 0.1) is 10.5 Å². The summed E-state index contributed by atoms with van der Waals surface area (Å²) < 4.78 is 1.24. The second-order valence-corrected chi connectivity index (χ2v) is 5.87. The Kier molecular flexibility index (Phi) is 4.78. The molecule has 2 aromatic carbocycles. The first-order chi connectivity index (χ1) is 8.69. The molecule has 0 radical (unpaired) electrons. The van der Waals surface area contributed by atoms with Gasteiger partial charge in [-0.1, -0.05) is 42.0 Å². The number of aliphatic hydroxyl groups excluding tert-OH is 1. The number of aliphatic hydroxyl groups is 1. The van der Waals surface area contributed by atoms with Crippen LogP contribution in [0.15, 0.2) is 48.5 Å². The van der Waals surface area contributed by atoms with E-state index in [0.29, 0.717) is 0 Å². The standard InChI is InChI=1S/C16H17IO/c1-12-2-6-14(7-3-12)15(11-18)10-13-4-8-16(17)9-5-13/h2-9,15,18H,10-11H2,1H3. The fraction of sp³-hybridized carbons (Fsp3) is 0.250. The van der Waals surface area contributed by atoms with E-state index in [2.05, 4.69) is 78.0 Å². The summed E-state index contributed by atoms with van der Waals surface area (Å²) in [7, 11) is 0. The van der Waals surface area contributed by atoms with Gasteiger partial charge >= 0.3 is 0 Å². The largest absolute Gasteiger partial charge is 0.396 e. The van der Waals surface area contributed by atoms with Gasteiger partial charge in [0.2, 0.25) is 0 Å². The zero-order chi connectivity index (χ0) is 13.0. The van der Waals surface area contributed by atoms with E-state index in [1.54, 1.807) is 0 Å². The molecule has 18 heavy (non-hydrogen) atoms. The zero-order valence-corrected chi connectivity index (χ0v) is 12.6. The number of rotatable bonds is 4. The minimum atomic E-state index is 0.186. The Morgan fingerprint density at radius 2 is 1.61 bits per heavy atom. The van der Waals surface area contributed by atoms with Crippen LogP contribution in [0.2, 0.25) is 0 Å². The quantitative estimate of drug-likeness (QED) is 0.827. The van der Waals surface area contributed by atoms with E-state index < -0.39 is 0 Å². The third kappa shape index (κ3) is 3.56. The van der Waals surface area contributed by atoms with Gasteiger partial charge in [-0.15, -0.1) is 0 Å². The van der Waals surface area contributed by atoms with Crippen molar-refractivity contribution in [2.75, 3.05) is 6.61 Å². The summed E-state index contributed by atoms with van der Waals surface area (Å²) in [6.45, 7) is 2.27. The highest BCUT2D eigenvalue weighted by Crippen LogP contribution is 2.21. The van der Waals surface area contributed by atoms with Crippen molar-refractivity contribution >= 4 is 22.6 Å². The number of halogens is 1. The minimum absolute atomic E-state index is 0.186. The summed E-state index contributed by atoms with van der Waals surface area (Å²) in [4.78, 5) is 0. The van der Waals surface area contributed by atoms with Crippen LogP contribution in [0.3, 0.4) is 0 Å². The van der Waals surface area contributed by atoms with Gasteiger partial charge in [-0.3, -0.25) is 0 Å². The molecule has 0 spiro atoms. The van der Waals surface area contributed by atoms with Crippen molar-refractivity contribution in [2.24, 2.45) is 0 Å². The highest BCUT2D eigenvalue weighted by atomic mass is 127. The Bertz CT molecular complexity index is 488. The molecule has 1 nitrogen and oxygen atoms in total. The smallest absolute Gasteiger partial charge is 0.0502 e. The first-order valence-corrected chi connectivity index (χ1v) is 7.19. The van der Waals surface area contributed by atoms with Gasteiger partial charge in [-0.2, -0.15) is 0 Å². The number of aryl methyl sites for hydroxylation is 1. The van der Waals surface area contributed by atoms with Gasteiger partial charge in [0.25, 0.3) is 0 Å². The summed E-state index contributed by atoms with van der Waals surface area (Å²) in [5, 5.41) is 9.56. The fourth-order valence-corrected chi connectivity index (χ4v) is 2.39. The van der Waals surface area contributed by atoms with Gasteiger partial charge < -0.3 is 5.11 Å². The van der Waals surface area contributed by atoms with E-state index in [9.17, 15) is 5.11 Å². The van der Waals surface area contributed by atoms with Crippen molar-refractivity contribution in [3.05, 3.63) is 68.8 Å². The highest BCUT2D eigenvalue weighted by Gasteiger charge is 2.11. The molecule has 0 aliphatic rings. The molecule has 0 aliphatic heterocycles. The molecule has 0 saturated heterocycles. The second kappa shape index (κ2) is 6.34. The molecular formula is C16H17IO. The average molecular weight is 352 g/mol. The van der Waals surface area contributed by atoms with E-state index in [0.717, 1.165) is 6.42 Å². The zero-order valence-electron chi connectivity index (χ0n) is 10.4. The Hall–Kier alpha value is -0.870. The monoisotopic (exact) mass is 352 g/mol. The minimum Gasteiger partial charge on any atom is -0.396 e. The van der Waals surface area contributed by atoms with E-state index in [1.807, 2.05) is 0 Å². The molecule has 2 aromatic rings. The molecule has 2 heteroatoms. The molecule has 0 aliphatic carbocycles. The van der Waals surface area contributed by atoms with Crippen LogP contribution in [-0.2, 0) is 6.42 Å². The second-order valence-electron chi connectivity index (χ2n) is 4.62. The highest BCUT2D eigenvalue weighted by molar-refractivity contribution is 14.1. The summed E-state index contributed by atoms with van der Waals surface area (Å²) in [6, 6.07) is 16.9. The maximum atomic E-state index is 9.56. The van der Waals surface area contributed by atoms with Gasteiger partial charge in [0.05, 0.1) is 6.61 Å². The molecule has 1 N–H and O–H groups in total. The van der Waals surface area contributed by atoms with Crippen LogP contribution < -0.4 is 0 Å². The van der Waals surface area contributed by atoms with Gasteiger partial charge in [-0.05, 0) is 59.2 Å². The summed E-state index contributed by atoms with van der Waals surface area (Å²) in [5.41, 5.74) is 3.74. The van der Waals surface area contributed by atoms with Gasteiger partial charge in [0, 0.05) is 9.49 Å². The van der Waals surface area contributed by atoms with Crippen LogP contribution in [0.5, 0.6) is 0 Å². The predicted molar refractivity (Wildman–Crippen MR) is 83.9 cm³/mol. The van der Waals surface area contributed by atoms with Gasteiger partial charge in [0.1, 0.15) is 0 Å². The molecule has 2 rings (SSSR count). The Morgan fingerprint density at radius 1 is 1.00 bits per heavy atom. The summed E-state index contributed by atoms with van der Waals surface area (Å²) in [6.07, 6.45) is 0.885. The van der Waals surface area contributed by atoms with E-state index in [4.69, 9.17) is 0 Å². The molecule has 94 valence electrons. The van der Waals surface area contributed by atoms with E-state index in [1.165, 1.54) is 20.3 Å². The molecule has 0 saturated carbocycles. The number of hydrogen-bond donors (Lipinski definition) is 1. The van der Waals surface area contributed by atoms with Crippen LogP contribution in [0.25, 0.3) is 0 Å². The van der Waals surface area contributed by atoms with Crippen LogP contribution >= 0.6 is 22.6 Å². The molecule has 1 unspecified atom stereocenters. The topological polar surface area (TPSA) is 20.2 Å².